The molecule has 0 saturated carbocycles. The van der Waals surface area contributed by atoms with Crippen molar-refractivity contribution >= 4 is 22.7 Å². The number of hydrogen-bond donors (Lipinski definition) is 5. The van der Waals surface area contributed by atoms with Gasteiger partial charge in [-0.15, -0.1) is 0 Å². The van der Waals surface area contributed by atoms with Gasteiger partial charge in [-0.2, -0.15) is 4.98 Å². The molecule has 1 fully saturated rings. The number of rotatable bonds is 4. The minimum Gasteiger partial charge on any atom is -0.394 e. The second kappa shape index (κ2) is 7.13. The van der Waals surface area contributed by atoms with E-state index in [0.717, 1.165) is 10.9 Å². The molecule has 3 aromatic rings. The Bertz CT molecular complexity index is 1110. The highest BCUT2D eigenvalue weighted by Crippen LogP contribution is 2.30. The Morgan fingerprint density at radius 1 is 1.18 bits per heavy atom. The van der Waals surface area contributed by atoms with Gasteiger partial charge in [-0.3, -0.25) is 19.1 Å². The molecule has 28 heavy (non-hydrogen) atoms. The van der Waals surface area contributed by atoms with Crippen molar-refractivity contribution in [1.82, 2.24) is 19.5 Å². The quantitative estimate of drug-likeness (QED) is 0.371. The molecule has 0 radical (unpaired) electrons. The maximum absolute atomic E-state index is 12.7. The number of fused-ring (bicyclic) bond motifs is 1. The number of ether oxygens (including phenoxy) is 1. The van der Waals surface area contributed by atoms with Crippen molar-refractivity contribution in [1.29, 1.82) is 0 Å². The average molecular weight is 387 g/mol. The Hall–Kier alpha value is -3.12. The van der Waals surface area contributed by atoms with Gasteiger partial charge in [0.05, 0.1) is 12.9 Å². The number of aliphatic hydroxyl groups is 3. The van der Waals surface area contributed by atoms with Crippen LogP contribution in [0.3, 0.4) is 0 Å². The lowest BCUT2D eigenvalue weighted by Crippen LogP contribution is -2.33. The zero-order valence-corrected chi connectivity index (χ0v) is 14.4. The SMILES string of the molecule is O=c1nc(Nc2ccccc2)[nH]c(=O)c2c1ncn2[C@@H]1O[C@H](CO)[C@@H](O)[C@H]1O. The molecule has 1 saturated heterocycles. The van der Waals surface area contributed by atoms with E-state index in [4.69, 9.17) is 4.74 Å². The minimum atomic E-state index is -1.43. The monoisotopic (exact) mass is 387 g/mol. The van der Waals surface area contributed by atoms with Crippen LogP contribution in [0.15, 0.2) is 46.2 Å². The number of nitrogens with one attached hydrogen (secondary N) is 2. The van der Waals surface area contributed by atoms with Crippen LogP contribution in [0.4, 0.5) is 11.6 Å². The first-order valence-corrected chi connectivity index (χ1v) is 8.45. The zero-order valence-electron chi connectivity index (χ0n) is 14.4. The van der Waals surface area contributed by atoms with Crippen LogP contribution in [0.5, 0.6) is 0 Å². The molecule has 146 valence electrons. The van der Waals surface area contributed by atoms with Gasteiger partial charge < -0.3 is 25.4 Å². The summed E-state index contributed by atoms with van der Waals surface area (Å²) in [6, 6.07) is 8.82. The fraction of sp³-hybridized carbons (Fsp3) is 0.294. The number of nitrogens with zero attached hydrogens (tertiary/aromatic N) is 3. The number of para-hydroxylation sites is 1. The van der Waals surface area contributed by atoms with Crippen LogP contribution in [0.25, 0.3) is 11.0 Å². The van der Waals surface area contributed by atoms with Gasteiger partial charge in [-0.1, -0.05) is 18.2 Å². The van der Waals surface area contributed by atoms with Crippen molar-refractivity contribution in [3.63, 3.8) is 0 Å². The van der Waals surface area contributed by atoms with Crippen LogP contribution in [-0.4, -0.2) is 59.8 Å². The Morgan fingerprint density at radius 3 is 2.61 bits per heavy atom. The largest absolute Gasteiger partial charge is 0.394 e. The number of aliphatic hydroxyl groups excluding tert-OH is 3. The van der Waals surface area contributed by atoms with Crippen molar-refractivity contribution in [3.8, 4) is 0 Å². The molecule has 5 N–H and O–H groups in total. The average Bonchev–Trinajstić information content (AvgIpc) is 3.21. The fourth-order valence-electron chi connectivity index (χ4n) is 3.11. The third kappa shape index (κ3) is 3.05. The van der Waals surface area contributed by atoms with Gasteiger partial charge in [0, 0.05) is 5.69 Å². The summed E-state index contributed by atoms with van der Waals surface area (Å²) in [5, 5.41) is 32.2. The van der Waals surface area contributed by atoms with Crippen LogP contribution in [-0.2, 0) is 4.74 Å². The molecular formula is C17H17N5O6. The van der Waals surface area contributed by atoms with E-state index in [2.05, 4.69) is 20.3 Å². The number of benzene rings is 1. The van der Waals surface area contributed by atoms with Crippen LogP contribution in [0.2, 0.25) is 0 Å². The van der Waals surface area contributed by atoms with Crippen molar-refractivity contribution in [2.24, 2.45) is 0 Å². The Balaban J connectivity index is 1.81. The summed E-state index contributed by atoms with van der Waals surface area (Å²) in [4.78, 5) is 35.4. The zero-order chi connectivity index (χ0) is 19.8. The summed E-state index contributed by atoms with van der Waals surface area (Å²) >= 11 is 0. The summed E-state index contributed by atoms with van der Waals surface area (Å²) in [6.07, 6.45) is -3.87. The molecule has 4 atom stereocenters. The van der Waals surface area contributed by atoms with Crippen molar-refractivity contribution in [2.75, 3.05) is 11.9 Å². The molecule has 11 nitrogen and oxygen atoms in total. The molecule has 1 aliphatic heterocycles. The molecule has 0 bridgehead atoms. The summed E-state index contributed by atoms with van der Waals surface area (Å²) in [6.45, 7) is -0.523. The Morgan fingerprint density at radius 2 is 1.93 bits per heavy atom. The molecule has 0 aliphatic carbocycles. The number of aromatic nitrogens is 4. The van der Waals surface area contributed by atoms with Gasteiger partial charge in [0.15, 0.2) is 11.7 Å². The predicted molar refractivity (Wildman–Crippen MR) is 97.2 cm³/mol. The maximum atomic E-state index is 12.7. The van der Waals surface area contributed by atoms with Crippen molar-refractivity contribution in [3.05, 3.63) is 57.4 Å². The smallest absolute Gasteiger partial charge is 0.301 e. The normalized spacial score (nSPS) is 24.5. The molecule has 0 unspecified atom stereocenters. The second-order valence-corrected chi connectivity index (χ2v) is 6.29. The molecule has 0 amide bonds. The number of H-pyrrole nitrogens is 1. The lowest BCUT2D eigenvalue weighted by atomic mass is 10.1. The van der Waals surface area contributed by atoms with Crippen LogP contribution in [0, 0.1) is 0 Å². The van der Waals surface area contributed by atoms with Crippen molar-refractivity contribution in [2.45, 2.75) is 24.5 Å². The van der Waals surface area contributed by atoms with Crippen molar-refractivity contribution < 1.29 is 20.1 Å². The molecule has 3 heterocycles. The standard InChI is InChI=1S/C17H17N5O6/c23-6-9-12(24)13(25)16(28-9)22-7-18-10-11(22)15(27)21-17(20-14(10)26)19-8-4-2-1-3-5-8/h1-5,7,9,12-13,16,23-25H,6H2,(H2,19,20,21,26,27)/t9-,12-,13-,16-/m1/s1. The lowest BCUT2D eigenvalue weighted by molar-refractivity contribution is -0.0509. The summed E-state index contributed by atoms with van der Waals surface area (Å²) < 4.78 is 6.57. The maximum Gasteiger partial charge on any atom is 0.301 e. The first-order valence-electron chi connectivity index (χ1n) is 8.45. The van der Waals surface area contributed by atoms with Gasteiger partial charge in [0.1, 0.15) is 23.8 Å². The third-order valence-corrected chi connectivity index (χ3v) is 4.48. The second-order valence-electron chi connectivity index (χ2n) is 6.29. The predicted octanol–water partition coefficient (Wildman–Crippen LogP) is -1.17. The first-order chi connectivity index (χ1) is 13.5. The highest BCUT2D eigenvalue weighted by atomic mass is 16.6. The fourth-order valence-corrected chi connectivity index (χ4v) is 3.11. The number of imidazole rings is 1. The lowest BCUT2D eigenvalue weighted by Gasteiger charge is -2.16. The van der Waals surface area contributed by atoms with Gasteiger partial charge in [0.25, 0.3) is 5.56 Å². The molecule has 2 aromatic heterocycles. The van der Waals surface area contributed by atoms with E-state index >= 15 is 0 Å². The summed E-state index contributed by atoms with van der Waals surface area (Å²) in [5.41, 5.74) is -1.25. The van der Waals surface area contributed by atoms with Gasteiger partial charge >= 0.3 is 5.56 Å². The number of hydrogen-bond acceptors (Lipinski definition) is 9. The van der Waals surface area contributed by atoms with Gasteiger partial charge in [-0.05, 0) is 12.1 Å². The minimum absolute atomic E-state index is 0.0769. The topological polar surface area (TPSA) is 163 Å². The van der Waals surface area contributed by atoms with Crippen LogP contribution < -0.4 is 16.4 Å². The molecule has 0 spiro atoms. The number of aromatic amines is 1. The van der Waals surface area contributed by atoms with E-state index in [9.17, 15) is 24.9 Å². The van der Waals surface area contributed by atoms with E-state index in [1.54, 1.807) is 24.3 Å². The molecule has 4 rings (SSSR count). The Labute approximate surface area is 156 Å². The van der Waals surface area contributed by atoms with E-state index in [1.165, 1.54) is 0 Å². The molecule has 1 aromatic carbocycles. The summed E-state index contributed by atoms with van der Waals surface area (Å²) in [5.74, 6) is -0.0769. The van der Waals surface area contributed by atoms with E-state index in [-0.39, 0.29) is 17.0 Å². The summed E-state index contributed by atoms with van der Waals surface area (Å²) in [7, 11) is 0. The molecular weight excluding hydrogens is 370 g/mol. The van der Waals surface area contributed by atoms with E-state index in [1.807, 2.05) is 6.07 Å². The molecule has 1 aliphatic rings. The highest BCUT2D eigenvalue weighted by molar-refractivity contribution is 5.73. The first kappa shape index (κ1) is 18.3. The highest BCUT2D eigenvalue weighted by Gasteiger charge is 2.44. The third-order valence-electron chi connectivity index (χ3n) is 4.48. The molecule has 11 heteroatoms. The van der Waals surface area contributed by atoms with E-state index in [0.29, 0.717) is 5.69 Å². The van der Waals surface area contributed by atoms with Crippen LogP contribution in [0.1, 0.15) is 6.23 Å². The van der Waals surface area contributed by atoms with E-state index < -0.39 is 42.3 Å². The number of anilines is 2. The Kier molecular flexibility index (Phi) is 4.65. The van der Waals surface area contributed by atoms with Gasteiger partial charge in [0.2, 0.25) is 5.95 Å². The van der Waals surface area contributed by atoms with Gasteiger partial charge in [-0.25, -0.2) is 4.98 Å². The van der Waals surface area contributed by atoms with Crippen LogP contribution >= 0.6 is 0 Å².